The molecule has 5 heteroatoms. The Hall–Kier alpha value is -2.27. The number of methoxy groups -OCH3 is 1. The van der Waals surface area contributed by atoms with E-state index < -0.39 is 6.23 Å². The smallest absolute Gasteiger partial charge is 0.157 e. The van der Waals surface area contributed by atoms with Gasteiger partial charge in [-0.25, -0.2) is 4.99 Å². The zero-order valence-corrected chi connectivity index (χ0v) is 12.2. The van der Waals surface area contributed by atoms with Gasteiger partial charge in [0.25, 0.3) is 0 Å². The summed E-state index contributed by atoms with van der Waals surface area (Å²) in [6.07, 6.45) is 1.90. The first-order valence-electron chi connectivity index (χ1n) is 6.98. The van der Waals surface area contributed by atoms with Crippen LogP contribution in [0.4, 0.5) is 5.82 Å². The highest BCUT2D eigenvalue weighted by Crippen LogP contribution is 2.31. The molecule has 0 spiro atoms. The topological polar surface area (TPSA) is 60.8 Å². The Morgan fingerprint density at radius 3 is 2.81 bits per heavy atom. The summed E-state index contributed by atoms with van der Waals surface area (Å²) in [4.78, 5) is 9.33. The summed E-state index contributed by atoms with van der Waals surface area (Å²) < 4.78 is 5.15. The molecule has 0 radical (unpaired) electrons. The SMILES string of the molecule is COc1ccc(CCN2C=Nc3[nH]c(C)cc3C2O)cc1. The number of aliphatic hydroxyl groups is 1. The van der Waals surface area contributed by atoms with Gasteiger partial charge in [-0.3, -0.25) is 0 Å². The van der Waals surface area contributed by atoms with Crippen LogP contribution >= 0.6 is 0 Å². The van der Waals surface area contributed by atoms with Gasteiger partial charge in [-0.05, 0) is 37.1 Å². The summed E-state index contributed by atoms with van der Waals surface area (Å²) in [5.41, 5.74) is 3.05. The number of aliphatic hydroxyl groups excluding tert-OH is 1. The van der Waals surface area contributed by atoms with Crippen LogP contribution in [0, 0.1) is 6.92 Å². The second-order valence-corrected chi connectivity index (χ2v) is 5.21. The van der Waals surface area contributed by atoms with E-state index in [2.05, 4.69) is 9.98 Å². The molecular weight excluding hydrogens is 266 g/mol. The molecule has 5 nitrogen and oxygen atoms in total. The lowest BCUT2D eigenvalue weighted by atomic mass is 10.1. The summed E-state index contributed by atoms with van der Waals surface area (Å²) >= 11 is 0. The number of nitrogens with one attached hydrogen (secondary N) is 1. The number of ether oxygens (including phenoxy) is 1. The number of rotatable bonds is 4. The minimum absolute atomic E-state index is 0.638. The average molecular weight is 285 g/mol. The van der Waals surface area contributed by atoms with Crippen molar-refractivity contribution in [1.82, 2.24) is 9.88 Å². The molecule has 0 saturated carbocycles. The first-order chi connectivity index (χ1) is 10.2. The Morgan fingerprint density at radius 2 is 2.10 bits per heavy atom. The number of aromatic amines is 1. The van der Waals surface area contributed by atoms with Crippen molar-refractivity contribution in [3.8, 4) is 5.75 Å². The Labute approximate surface area is 123 Å². The molecule has 0 bridgehead atoms. The van der Waals surface area contributed by atoms with Gasteiger partial charge >= 0.3 is 0 Å². The predicted octanol–water partition coefficient (Wildman–Crippen LogP) is 2.54. The third kappa shape index (κ3) is 2.78. The Bertz CT molecular complexity index is 646. The average Bonchev–Trinajstić information content (AvgIpc) is 2.89. The van der Waals surface area contributed by atoms with Crippen molar-refractivity contribution in [2.75, 3.05) is 13.7 Å². The molecule has 1 aromatic carbocycles. The lowest BCUT2D eigenvalue weighted by Gasteiger charge is -2.28. The number of hydrogen-bond donors (Lipinski definition) is 2. The Kier molecular flexibility index (Phi) is 3.66. The highest BCUT2D eigenvalue weighted by molar-refractivity contribution is 5.66. The van der Waals surface area contributed by atoms with Gasteiger partial charge in [0.1, 0.15) is 11.6 Å². The van der Waals surface area contributed by atoms with E-state index in [-0.39, 0.29) is 0 Å². The van der Waals surface area contributed by atoms with Crippen LogP contribution in [0.25, 0.3) is 0 Å². The van der Waals surface area contributed by atoms with Gasteiger partial charge in [-0.15, -0.1) is 0 Å². The van der Waals surface area contributed by atoms with Crippen molar-refractivity contribution in [1.29, 1.82) is 0 Å². The molecule has 21 heavy (non-hydrogen) atoms. The van der Waals surface area contributed by atoms with E-state index in [1.54, 1.807) is 13.4 Å². The fourth-order valence-electron chi connectivity index (χ4n) is 2.50. The second-order valence-electron chi connectivity index (χ2n) is 5.21. The Morgan fingerprint density at radius 1 is 1.33 bits per heavy atom. The number of aliphatic imine (C=N–C) groups is 1. The number of aromatic nitrogens is 1. The highest BCUT2D eigenvalue weighted by atomic mass is 16.5. The minimum Gasteiger partial charge on any atom is -0.497 e. The molecule has 1 atom stereocenters. The normalized spacial score (nSPS) is 16.9. The molecule has 0 aliphatic carbocycles. The van der Waals surface area contributed by atoms with Crippen molar-refractivity contribution in [3.63, 3.8) is 0 Å². The van der Waals surface area contributed by atoms with Gasteiger partial charge in [0.05, 0.1) is 13.4 Å². The molecule has 3 rings (SSSR count). The molecule has 110 valence electrons. The maximum absolute atomic E-state index is 10.4. The molecular formula is C16H19N3O2. The van der Waals surface area contributed by atoms with Crippen molar-refractivity contribution in [3.05, 3.63) is 47.2 Å². The maximum atomic E-state index is 10.4. The maximum Gasteiger partial charge on any atom is 0.157 e. The van der Waals surface area contributed by atoms with E-state index in [4.69, 9.17) is 4.74 Å². The fraction of sp³-hybridized carbons (Fsp3) is 0.312. The van der Waals surface area contributed by atoms with Gasteiger partial charge in [0, 0.05) is 17.8 Å². The summed E-state index contributed by atoms with van der Waals surface area (Å²) in [7, 11) is 1.66. The van der Waals surface area contributed by atoms with Crippen molar-refractivity contribution >= 4 is 12.2 Å². The first-order valence-corrected chi connectivity index (χ1v) is 6.98. The zero-order chi connectivity index (χ0) is 14.8. The number of hydrogen-bond acceptors (Lipinski definition) is 4. The number of benzene rings is 1. The summed E-state index contributed by atoms with van der Waals surface area (Å²) in [6, 6.07) is 9.92. The molecule has 0 amide bonds. The van der Waals surface area contributed by atoms with Crippen molar-refractivity contribution < 1.29 is 9.84 Å². The molecule has 1 aliphatic rings. The number of nitrogens with zero attached hydrogens (tertiary/aromatic N) is 2. The standard InChI is InChI=1S/C16H19N3O2/c1-11-9-14-15(18-11)17-10-19(16(14)20)8-7-12-3-5-13(21-2)6-4-12/h3-6,9-10,16,18,20H,7-8H2,1-2H3. The van der Waals surface area contributed by atoms with E-state index in [0.717, 1.165) is 29.2 Å². The van der Waals surface area contributed by atoms with Crippen LogP contribution in [0.5, 0.6) is 5.75 Å². The summed E-state index contributed by atoms with van der Waals surface area (Å²) in [5.74, 6) is 1.60. The van der Waals surface area contributed by atoms with E-state index in [1.165, 1.54) is 5.56 Å². The molecule has 0 saturated heterocycles. The van der Waals surface area contributed by atoms with Gasteiger partial charge in [-0.1, -0.05) is 12.1 Å². The number of H-pyrrole nitrogens is 1. The van der Waals surface area contributed by atoms with Crippen LogP contribution in [-0.4, -0.2) is 35.0 Å². The van der Waals surface area contributed by atoms with Crippen LogP contribution in [0.2, 0.25) is 0 Å². The van der Waals surface area contributed by atoms with Crippen LogP contribution in [0.1, 0.15) is 23.0 Å². The number of aryl methyl sites for hydroxylation is 1. The van der Waals surface area contributed by atoms with Crippen LogP contribution in [0.15, 0.2) is 35.3 Å². The quantitative estimate of drug-likeness (QED) is 0.907. The molecule has 2 heterocycles. The van der Waals surface area contributed by atoms with Crippen LogP contribution in [-0.2, 0) is 6.42 Å². The zero-order valence-electron chi connectivity index (χ0n) is 12.2. The van der Waals surface area contributed by atoms with Crippen molar-refractivity contribution in [2.45, 2.75) is 19.6 Å². The molecule has 1 unspecified atom stereocenters. The molecule has 2 aromatic rings. The molecule has 1 aromatic heterocycles. The van der Waals surface area contributed by atoms with Gasteiger partial charge in [-0.2, -0.15) is 0 Å². The summed E-state index contributed by atoms with van der Waals surface area (Å²) in [5, 5.41) is 10.4. The monoisotopic (exact) mass is 285 g/mol. The van der Waals surface area contributed by atoms with Crippen LogP contribution < -0.4 is 4.74 Å². The largest absolute Gasteiger partial charge is 0.497 e. The lowest BCUT2D eigenvalue weighted by Crippen LogP contribution is -2.31. The molecule has 0 fully saturated rings. The third-order valence-corrected chi connectivity index (χ3v) is 3.71. The fourth-order valence-corrected chi connectivity index (χ4v) is 2.50. The molecule has 2 N–H and O–H groups in total. The van der Waals surface area contributed by atoms with Crippen molar-refractivity contribution in [2.24, 2.45) is 4.99 Å². The highest BCUT2D eigenvalue weighted by Gasteiger charge is 2.23. The summed E-state index contributed by atoms with van der Waals surface area (Å²) in [6.45, 7) is 2.67. The molecule has 1 aliphatic heterocycles. The van der Waals surface area contributed by atoms with Gasteiger partial charge < -0.3 is 19.7 Å². The van der Waals surface area contributed by atoms with Gasteiger partial charge in [0.15, 0.2) is 6.23 Å². The second kappa shape index (κ2) is 5.61. The van der Waals surface area contributed by atoms with E-state index in [1.807, 2.05) is 42.2 Å². The van der Waals surface area contributed by atoms with E-state index in [9.17, 15) is 5.11 Å². The number of fused-ring (bicyclic) bond motifs is 1. The lowest BCUT2D eigenvalue weighted by molar-refractivity contribution is 0.0552. The van der Waals surface area contributed by atoms with E-state index in [0.29, 0.717) is 6.54 Å². The first kappa shape index (κ1) is 13.7. The minimum atomic E-state index is -0.638. The predicted molar refractivity (Wildman–Crippen MR) is 82.0 cm³/mol. The van der Waals surface area contributed by atoms with E-state index >= 15 is 0 Å². The Balaban J connectivity index is 1.65. The third-order valence-electron chi connectivity index (χ3n) is 3.71. The van der Waals surface area contributed by atoms with Crippen LogP contribution in [0.3, 0.4) is 0 Å². The van der Waals surface area contributed by atoms with Gasteiger partial charge in [0.2, 0.25) is 0 Å².